The van der Waals surface area contributed by atoms with Gasteiger partial charge in [-0.05, 0) is 12.3 Å². The molecule has 2 N–H and O–H groups in total. The topological polar surface area (TPSA) is 77.8 Å². The summed E-state index contributed by atoms with van der Waals surface area (Å²) >= 11 is 0. The summed E-state index contributed by atoms with van der Waals surface area (Å²) in [5.41, 5.74) is 0. The van der Waals surface area contributed by atoms with Crippen molar-refractivity contribution < 1.29 is 19.8 Å². The van der Waals surface area contributed by atoms with Gasteiger partial charge in [0, 0.05) is 49.2 Å². The van der Waals surface area contributed by atoms with Crippen molar-refractivity contribution in [1.82, 2.24) is 4.90 Å². The van der Waals surface area contributed by atoms with E-state index in [0.717, 1.165) is 25.8 Å². The fourth-order valence-electron chi connectivity index (χ4n) is 2.08. The summed E-state index contributed by atoms with van der Waals surface area (Å²) in [7, 11) is 0. The predicted octanol–water partition coefficient (Wildman–Crippen LogP) is 2.07. The van der Waals surface area contributed by atoms with Gasteiger partial charge in [-0.15, -0.1) is 0 Å². The quantitative estimate of drug-likeness (QED) is 0.539. The van der Waals surface area contributed by atoms with E-state index in [9.17, 15) is 9.59 Å². The summed E-state index contributed by atoms with van der Waals surface area (Å²) in [4.78, 5) is 23.2. The van der Waals surface area contributed by atoms with Gasteiger partial charge in [0.15, 0.2) is 0 Å². The molecule has 0 saturated carbocycles. The number of hydrogen-bond donors (Lipinski definition) is 2. The number of unbranched alkanes of at least 4 members (excludes halogenated alkanes) is 1. The van der Waals surface area contributed by atoms with Gasteiger partial charge in [-0.3, -0.25) is 9.59 Å². The molecule has 0 heterocycles. The van der Waals surface area contributed by atoms with Crippen LogP contribution in [0.2, 0.25) is 0 Å². The van der Waals surface area contributed by atoms with Gasteiger partial charge in [0.05, 0.1) is 12.8 Å². The van der Waals surface area contributed by atoms with Gasteiger partial charge < -0.3 is 15.1 Å². The Morgan fingerprint density at radius 1 is 1.05 bits per heavy atom. The summed E-state index contributed by atoms with van der Waals surface area (Å²) in [6.07, 6.45) is 4.65. The molecule has 1 atom stereocenters. The second-order valence-electron chi connectivity index (χ2n) is 5.00. The van der Waals surface area contributed by atoms with E-state index in [-0.39, 0.29) is 42.4 Å². The number of nitrogens with zero attached hydrogens (tertiary/aromatic N) is 1. The van der Waals surface area contributed by atoms with Crippen LogP contribution >= 0.6 is 0 Å². The van der Waals surface area contributed by atoms with Crippen LogP contribution in [0.15, 0.2) is 0 Å². The molecule has 5 nitrogen and oxygen atoms in total. The maximum Gasteiger partial charge on any atom is 0.304 e. The summed E-state index contributed by atoms with van der Waals surface area (Å²) in [5.74, 6) is -1.13. The van der Waals surface area contributed by atoms with Crippen molar-refractivity contribution in [2.24, 2.45) is 5.92 Å². The first-order valence-corrected chi connectivity index (χ1v) is 7.15. The molecule has 20 heavy (non-hydrogen) atoms. The van der Waals surface area contributed by atoms with Crippen LogP contribution in [-0.2, 0) is 9.59 Å². The summed E-state index contributed by atoms with van der Waals surface area (Å²) in [5, 5.41) is 17.5. The van der Waals surface area contributed by atoms with Crippen molar-refractivity contribution in [2.45, 2.75) is 52.4 Å². The Morgan fingerprint density at radius 3 is 1.90 bits per heavy atom. The van der Waals surface area contributed by atoms with Crippen molar-refractivity contribution >= 4 is 41.5 Å². The molecule has 0 spiro atoms. The number of carbonyl (C=O) groups is 2. The summed E-state index contributed by atoms with van der Waals surface area (Å²) in [6, 6.07) is 0. The van der Waals surface area contributed by atoms with Crippen LogP contribution in [-0.4, -0.2) is 76.2 Å². The van der Waals surface area contributed by atoms with E-state index in [4.69, 9.17) is 10.2 Å². The van der Waals surface area contributed by atoms with E-state index in [1.807, 2.05) is 4.90 Å². The largest absolute Gasteiger partial charge is 0.481 e. The van der Waals surface area contributed by atoms with Gasteiger partial charge in [0.25, 0.3) is 0 Å². The zero-order valence-electron chi connectivity index (χ0n) is 13.1. The minimum Gasteiger partial charge on any atom is -0.481 e. The van der Waals surface area contributed by atoms with E-state index in [2.05, 4.69) is 13.8 Å². The minimum atomic E-state index is -0.832. The fraction of sp³-hybridized carbons (Fsp3) is 0.857. The van der Waals surface area contributed by atoms with Crippen molar-refractivity contribution in [3.05, 3.63) is 0 Å². The van der Waals surface area contributed by atoms with E-state index in [0.29, 0.717) is 19.0 Å². The molecule has 0 rings (SSSR count). The third kappa shape index (κ3) is 12.9. The normalized spacial score (nSPS) is 11.9. The Hall–Kier alpha value is -0.100. The summed E-state index contributed by atoms with van der Waals surface area (Å²) in [6.45, 7) is 5.96. The fourth-order valence-corrected chi connectivity index (χ4v) is 2.08. The minimum absolute atomic E-state index is 0. The summed E-state index contributed by atoms with van der Waals surface area (Å²) < 4.78 is 0. The van der Waals surface area contributed by atoms with Crippen LogP contribution in [0.25, 0.3) is 0 Å². The molecule has 0 fully saturated rings. The molecule has 0 aliphatic carbocycles. The standard InChI is InChI=1S/C14H27NO4.Na/c1-3-5-6-12(4-2)11-15(9-7-13(16)17)10-8-14(18)19;/h12H,3-11H2,1-2H3,(H,16,17)(H,18,19);. The van der Waals surface area contributed by atoms with Crippen LogP contribution in [0.5, 0.6) is 0 Å². The molecule has 0 aliphatic rings. The first-order chi connectivity index (χ1) is 8.99. The van der Waals surface area contributed by atoms with Crippen molar-refractivity contribution in [3.63, 3.8) is 0 Å². The molecule has 1 unspecified atom stereocenters. The van der Waals surface area contributed by atoms with Crippen LogP contribution in [0.4, 0.5) is 0 Å². The zero-order chi connectivity index (χ0) is 14.7. The van der Waals surface area contributed by atoms with Crippen LogP contribution in [0, 0.1) is 5.92 Å². The van der Waals surface area contributed by atoms with Gasteiger partial charge >= 0.3 is 11.9 Å². The van der Waals surface area contributed by atoms with Crippen molar-refractivity contribution in [2.75, 3.05) is 19.6 Å². The second kappa shape index (κ2) is 13.9. The van der Waals surface area contributed by atoms with Crippen molar-refractivity contribution in [3.8, 4) is 0 Å². The van der Waals surface area contributed by atoms with E-state index in [1.54, 1.807) is 0 Å². The van der Waals surface area contributed by atoms with Gasteiger partial charge in [-0.25, -0.2) is 0 Å². The van der Waals surface area contributed by atoms with Gasteiger partial charge in [-0.2, -0.15) is 0 Å². The third-order valence-electron chi connectivity index (χ3n) is 3.34. The number of aliphatic carboxylic acids is 2. The second-order valence-corrected chi connectivity index (χ2v) is 5.00. The average Bonchev–Trinajstić information content (AvgIpc) is 2.36. The molecule has 0 aromatic rings. The molecule has 0 aromatic carbocycles. The maximum absolute atomic E-state index is 10.6. The molecule has 0 saturated heterocycles. The number of carboxylic acids is 2. The zero-order valence-corrected chi connectivity index (χ0v) is 15.1. The molecule has 113 valence electrons. The number of carboxylic acid groups (broad SMARTS) is 2. The number of rotatable bonds is 12. The van der Waals surface area contributed by atoms with Crippen LogP contribution in [0.1, 0.15) is 52.4 Å². The van der Waals surface area contributed by atoms with Crippen molar-refractivity contribution in [1.29, 1.82) is 0 Å². The Morgan fingerprint density at radius 2 is 1.55 bits per heavy atom. The van der Waals surface area contributed by atoms with E-state index in [1.165, 1.54) is 6.42 Å². The molecule has 0 aromatic heterocycles. The molecule has 0 amide bonds. The predicted molar refractivity (Wildman–Crippen MR) is 80.0 cm³/mol. The van der Waals surface area contributed by atoms with Gasteiger partial charge in [0.1, 0.15) is 0 Å². The third-order valence-corrected chi connectivity index (χ3v) is 3.34. The molecule has 0 bridgehead atoms. The molecule has 0 aliphatic heterocycles. The van der Waals surface area contributed by atoms with Gasteiger partial charge in [-0.1, -0.05) is 33.1 Å². The number of hydrogen-bond acceptors (Lipinski definition) is 3. The maximum atomic E-state index is 10.6. The smallest absolute Gasteiger partial charge is 0.304 e. The molecule has 6 heteroatoms. The van der Waals surface area contributed by atoms with Crippen LogP contribution < -0.4 is 0 Å². The Bertz CT molecular complexity index is 256. The van der Waals surface area contributed by atoms with Crippen LogP contribution in [0.3, 0.4) is 0 Å². The average molecular weight is 296 g/mol. The van der Waals surface area contributed by atoms with Gasteiger partial charge in [0.2, 0.25) is 0 Å². The molecular formula is C14H27NNaO4. The Kier molecular flexibility index (Phi) is 15.4. The Balaban J connectivity index is 0. The molecule has 1 radical (unpaired) electrons. The monoisotopic (exact) mass is 296 g/mol. The Labute approximate surface area is 144 Å². The van der Waals surface area contributed by atoms with E-state index >= 15 is 0 Å². The first-order valence-electron chi connectivity index (χ1n) is 7.15. The first kappa shape index (κ1) is 22.2. The van der Waals surface area contributed by atoms with E-state index < -0.39 is 11.9 Å². The molecular weight excluding hydrogens is 269 g/mol. The SMILES string of the molecule is CCCCC(CC)CN(CCC(=O)O)CCC(=O)O.[Na].